The van der Waals surface area contributed by atoms with Gasteiger partial charge < -0.3 is 19.3 Å². The molecule has 2 aromatic heterocycles. The summed E-state index contributed by atoms with van der Waals surface area (Å²) in [6, 6.07) is 3.75. The minimum atomic E-state index is -0.817. The van der Waals surface area contributed by atoms with E-state index in [9.17, 15) is 9.35 Å². The molecule has 2 saturated heterocycles. The van der Waals surface area contributed by atoms with Crippen LogP contribution in [0.5, 0.6) is 0 Å². The van der Waals surface area contributed by atoms with Gasteiger partial charge in [-0.3, -0.25) is 4.98 Å². The van der Waals surface area contributed by atoms with Crippen molar-refractivity contribution in [2.24, 2.45) is 0 Å². The van der Waals surface area contributed by atoms with E-state index in [1.807, 2.05) is 11.9 Å². The van der Waals surface area contributed by atoms with Crippen molar-refractivity contribution in [1.82, 2.24) is 15.0 Å². The first kappa shape index (κ1) is 20.5. The van der Waals surface area contributed by atoms with E-state index in [1.165, 1.54) is 6.20 Å². The van der Waals surface area contributed by atoms with Gasteiger partial charge in [-0.15, -0.1) is 0 Å². The third-order valence-corrected chi connectivity index (χ3v) is 7.53. The lowest BCUT2D eigenvalue weighted by molar-refractivity contribution is 0.0231. The number of aryl methyl sites for hydroxylation is 1. The molecule has 0 amide bonds. The lowest BCUT2D eigenvalue weighted by Crippen LogP contribution is -2.54. The summed E-state index contributed by atoms with van der Waals surface area (Å²) in [5.41, 5.74) is 1.38. The van der Waals surface area contributed by atoms with Crippen LogP contribution in [0.1, 0.15) is 28.9 Å². The summed E-state index contributed by atoms with van der Waals surface area (Å²) in [5, 5.41) is 0. The Morgan fingerprint density at radius 1 is 1.32 bits per heavy atom. The molecule has 1 atom stereocenters. The SMILES string of the molecule is CN(c1nc(N2CC(OC(=O)c3cccnc3)C2)nc2c1[S+](O)CC2)C1CCOCC1. The van der Waals surface area contributed by atoms with Crippen LogP contribution in [-0.4, -0.2) is 76.7 Å². The van der Waals surface area contributed by atoms with Crippen LogP contribution in [-0.2, 0) is 27.1 Å². The number of esters is 1. The Morgan fingerprint density at radius 3 is 2.87 bits per heavy atom. The number of hydrogen-bond donors (Lipinski definition) is 1. The van der Waals surface area contributed by atoms with Gasteiger partial charge in [-0.2, -0.15) is 9.54 Å². The second-order valence-electron chi connectivity index (χ2n) is 8.07. The second-order valence-corrected chi connectivity index (χ2v) is 9.62. The molecule has 3 aliphatic rings. The molecule has 10 heteroatoms. The van der Waals surface area contributed by atoms with Crippen LogP contribution in [0.3, 0.4) is 0 Å². The molecule has 31 heavy (non-hydrogen) atoms. The Morgan fingerprint density at radius 2 is 2.13 bits per heavy atom. The van der Waals surface area contributed by atoms with Crippen LogP contribution in [0.2, 0.25) is 0 Å². The van der Waals surface area contributed by atoms with Gasteiger partial charge in [-0.1, -0.05) is 0 Å². The number of carbonyl (C=O) groups is 1. The zero-order chi connectivity index (χ0) is 21.4. The first-order valence-electron chi connectivity index (χ1n) is 10.6. The molecular weight excluding hydrogens is 418 g/mol. The van der Waals surface area contributed by atoms with Gasteiger partial charge in [0.25, 0.3) is 4.90 Å². The summed E-state index contributed by atoms with van der Waals surface area (Å²) >= 11 is -0.817. The van der Waals surface area contributed by atoms with Crippen LogP contribution in [0, 0.1) is 0 Å². The number of pyridine rings is 1. The van der Waals surface area contributed by atoms with Gasteiger partial charge in [-0.05, 0) is 25.0 Å². The third kappa shape index (κ3) is 4.07. The Kier molecular flexibility index (Phi) is 5.68. The number of fused-ring (bicyclic) bond motifs is 1. The van der Waals surface area contributed by atoms with Gasteiger partial charge in [0.05, 0.1) is 18.7 Å². The van der Waals surface area contributed by atoms with Crippen LogP contribution in [0.25, 0.3) is 0 Å². The summed E-state index contributed by atoms with van der Waals surface area (Å²) in [6.45, 7) is 2.60. The van der Waals surface area contributed by atoms with E-state index in [-0.39, 0.29) is 12.1 Å². The lowest BCUT2D eigenvalue weighted by Gasteiger charge is -2.39. The van der Waals surface area contributed by atoms with Crippen molar-refractivity contribution < 1.29 is 18.8 Å². The fourth-order valence-electron chi connectivity index (χ4n) is 4.18. The summed E-state index contributed by atoms with van der Waals surface area (Å²) in [4.78, 5) is 30.9. The smallest absolute Gasteiger partial charge is 0.340 e. The summed E-state index contributed by atoms with van der Waals surface area (Å²) in [5.74, 6) is 1.80. The topological polar surface area (TPSA) is 101 Å². The fraction of sp³-hybridized carbons (Fsp3) is 0.524. The molecule has 0 radical (unpaired) electrons. The van der Waals surface area contributed by atoms with E-state index in [0.717, 1.165) is 48.9 Å². The van der Waals surface area contributed by atoms with Crippen molar-refractivity contribution in [2.45, 2.75) is 36.3 Å². The molecule has 0 aromatic carbocycles. The molecular formula is C21H26N5O4S+. The Hall–Kier alpha value is -2.43. The maximum Gasteiger partial charge on any atom is 0.340 e. The zero-order valence-corrected chi connectivity index (χ0v) is 18.3. The number of rotatable bonds is 5. The van der Waals surface area contributed by atoms with Crippen LogP contribution < -0.4 is 9.80 Å². The normalized spacial score (nSPS) is 21.5. The van der Waals surface area contributed by atoms with E-state index in [4.69, 9.17) is 19.4 Å². The van der Waals surface area contributed by atoms with Gasteiger partial charge in [0.1, 0.15) is 11.8 Å². The number of carbonyl (C=O) groups excluding carboxylic acids is 1. The number of ether oxygens (including phenoxy) is 2. The monoisotopic (exact) mass is 444 g/mol. The predicted molar refractivity (Wildman–Crippen MR) is 117 cm³/mol. The minimum absolute atomic E-state index is 0.200. The molecule has 3 aliphatic heterocycles. The van der Waals surface area contributed by atoms with E-state index >= 15 is 0 Å². The molecule has 0 aliphatic carbocycles. The van der Waals surface area contributed by atoms with Crippen LogP contribution in [0.15, 0.2) is 29.4 Å². The van der Waals surface area contributed by atoms with Gasteiger partial charge in [0.15, 0.2) is 22.7 Å². The molecule has 1 N–H and O–H groups in total. The van der Waals surface area contributed by atoms with E-state index < -0.39 is 11.2 Å². The molecule has 164 valence electrons. The summed E-state index contributed by atoms with van der Waals surface area (Å²) < 4.78 is 21.7. The molecule has 5 rings (SSSR count). The average Bonchev–Trinajstić information content (AvgIpc) is 3.16. The number of anilines is 2. The maximum atomic E-state index is 12.2. The Labute approximate surface area is 184 Å². The Balaban J connectivity index is 1.31. The molecule has 0 spiro atoms. The highest BCUT2D eigenvalue weighted by Gasteiger charge is 2.42. The number of hydrogen-bond acceptors (Lipinski definition) is 9. The van der Waals surface area contributed by atoms with Crippen molar-refractivity contribution in [3.05, 3.63) is 35.8 Å². The number of aromatic nitrogens is 3. The van der Waals surface area contributed by atoms with Crippen molar-refractivity contribution >= 4 is 28.9 Å². The van der Waals surface area contributed by atoms with Gasteiger partial charge in [0, 0.05) is 45.1 Å². The predicted octanol–water partition coefficient (Wildman–Crippen LogP) is 1.54. The molecule has 1 unspecified atom stereocenters. The van der Waals surface area contributed by atoms with Crippen LogP contribution >= 0.6 is 0 Å². The first-order chi connectivity index (χ1) is 15.1. The molecule has 9 nitrogen and oxygen atoms in total. The summed E-state index contributed by atoms with van der Waals surface area (Å²) in [7, 11) is 2.05. The van der Waals surface area contributed by atoms with Crippen molar-refractivity contribution in [3.63, 3.8) is 0 Å². The largest absolute Gasteiger partial charge is 0.455 e. The van der Waals surface area contributed by atoms with E-state index in [1.54, 1.807) is 18.3 Å². The van der Waals surface area contributed by atoms with E-state index in [0.29, 0.717) is 36.4 Å². The minimum Gasteiger partial charge on any atom is -0.455 e. The standard InChI is InChI=1S/C21H26N5O4S/c1-25(15-4-8-29-9-5-15)19-18-17(6-10-31(18)28)23-21(24-19)26-12-16(13-26)30-20(27)14-3-2-7-22-11-14/h2-3,7,11,15-16,28H,4-6,8-10,12-13H2,1H3/q+1. The highest BCUT2D eigenvalue weighted by molar-refractivity contribution is 7.92. The van der Waals surface area contributed by atoms with E-state index in [2.05, 4.69) is 9.88 Å². The highest BCUT2D eigenvalue weighted by atomic mass is 32.2. The molecule has 5 heterocycles. The second kappa shape index (κ2) is 8.60. The fourth-order valence-corrected chi connectivity index (χ4v) is 5.59. The molecule has 2 aromatic rings. The average molecular weight is 445 g/mol. The number of nitrogens with zero attached hydrogens (tertiary/aromatic N) is 5. The van der Waals surface area contributed by atoms with Crippen LogP contribution in [0.4, 0.5) is 11.8 Å². The molecule has 0 saturated carbocycles. The lowest BCUT2D eigenvalue weighted by atomic mass is 10.1. The molecule has 0 bridgehead atoms. The van der Waals surface area contributed by atoms with Gasteiger partial charge in [-0.25, -0.2) is 9.78 Å². The quantitative estimate of drug-likeness (QED) is 0.543. The Bertz CT molecular complexity index is 950. The van der Waals surface area contributed by atoms with Crippen molar-refractivity contribution in [1.29, 1.82) is 0 Å². The third-order valence-electron chi connectivity index (χ3n) is 6.05. The maximum absolute atomic E-state index is 12.2. The zero-order valence-electron chi connectivity index (χ0n) is 17.4. The highest BCUT2D eigenvalue weighted by Crippen LogP contribution is 2.36. The van der Waals surface area contributed by atoms with Crippen molar-refractivity contribution in [2.75, 3.05) is 48.9 Å². The molecule has 2 fully saturated rings. The van der Waals surface area contributed by atoms with Crippen molar-refractivity contribution in [3.8, 4) is 0 Å². The van der Waals surface area contributed by atoms with Gasteiger partial charge >= 0.3 is 5.97 Å². The summed E-state index contributed by atoms with van der Waals surface area (Å²) in [6.07, 6.45) is 5.58. The van der Waals surface area contributed by atoms with Gasteiger partial charge in [0.2, 0.25) is 5.95 Å². The first-order valence-corrected chi connectivity index (χ1v) is 11.9.